The second-order valence-electron chi connectivity index (χ2n) is 6.73. The maximum Gasteiger partial charge on any atom is 0.329 e. The molecule has 0 bridgehead atoms. The summed E-state index contributed by atoms with van der Waals surface area (Å²) in [5.74, 6) is -0.0292. The van der Waals surface area contributed by atoms with Crippen LogP contribution in [0.5, 0.6) is 0 Å². The third kappa shape index (κ3) is 2.87. The normalized spacial score (nSPS) is 24.2. The van der Waals surface area contributed by atoms with Crippen molar-refractivity contribution in [2.75, 3.05) is 21.3 Å². The number of carbonyl (C=O) groups is 1. The van der Waals surface area contributed by atoms with Crippen molar-refractivity contribution in [2.24, 2.45) is 0 Å². The molecule has 2 saturated heterocycles. The molecular weight excluding hydrogens is 372 g/mol. The van der Waals surface area contributed by atoms with Gasteiger partial charge in [-0.2, -0.15) is 0 Å². The lowest BCUT2D eigenvalue weighted by Gasteiger charge is -2.23. The van der Waals surface area contributed by atoms with Crippen LogP contribution in [0, 0.1) is 0 Å². The average Bonchev–Trinajstić information content (AvgIpc) is 3.05. The summed E-state index contributed by atoms with van der Waals surface area (Å²) in [5, 5.41) is 0.572. The standard InChI is InChI=1S/C19H19ClN2O3S/c1-2-13-3-7-15(8-4-13)21-17-11-26(24,25)12-18(17)22(19(21)23)16-9-5-14(20)6-10-16/h3-10,17-18H,2,11-12H2,1H3/t17-,18+/m0/s1. The van der Waals surface area contributed by atoms with E-state index in [-0.39, 0.29) is 29.6 Å². The number of amides is 2. The smallest absolute Gasteiger partial charge is 0.288 e. The van der Waals surface area contributed by atoms with Gasteiger partial charge in [0.05, 0.1) is 23.6 Å². The second-order valence-corrected chi connectivity index (χ2v) is 9.32. The number of urea groups is 1. The Bertz CT molecular complexity index is 942. The van der Waals surface area contributed by atoms with Crippen LogP contribution in [0.2, 0.25) is 5.02 Å². The molecule has 2 heterocycles. The molecule has 0 saturated carbocycles. The number of anilines is 2. The summed E-state index contributed by atoms with van der Waals surface area (Å²) >= 11 is 5.95. The van der Waals surface area contributed by atoms with E-state index in [4.69, 9.17) is 11.6 Å². The molecular formula is C19H19ClN2O3S. The molecule has 2 amide bonds. The lowest BCUT2D eigenvalue weighted by molar-refractivity contribution is 0.255. The van der Waals surface area contributed by atoms with E-state index in [1.165, 1.54) is 5.56 Å². The van der Waals surface area contributed by atoms with Crippen LogP contribution >= 0.6 is 11.6 Å². The van der Waals surface area contributed by atoms with Gasteiger partial charge in [0.15, 0.2) is 9.84 Å². The van der Waals surface area contributed by atoms with Gasteiger partial charge in [-0.25, -0.2) is 13.2 Å². The molecule has 2 atom stereocenters. The lowest BCUT2D eigenvalue weighted by atomic mass is 10.1. The van der Waals surface area contributed by atoms with Crippen molar-refractivity contribution in [1.29, 1.82) is 0 Å². The molecule has 26 heavy (non-hydrogen) atoms. The summed E-state index contributed by atoms with van der Waals surface area (Å²) in [6.45, 7) is 2.07. The van der Waals surface area contributed by atoms with Crippen LogP contribution < -0.4 is 9.80 Å². The third-order valence-corrected chi connectivity index (χ3v) is 7.05. The molecule has 2 aromatic carbocycles. The molecule has 136 valence electrons. The fraction of sp³-hybridized carbons (Fsp3) is 0.316. The van der Waals surface area contributed by atoms with E-state index in [9.17, 15) is 13.2 Å². The fourth-order valence-electron chi connectivity index (χ4n) is 3.80. The minimum atomic E-state index is -3.19. The number of hydrogen-bond acceptors (Lipinski definition) is 3. The fourth-order valence-corrected chi connectivity index (χ4v) is 5.85. The summed E-state index contributed by atoms with van der Waals surface area (Å²) in [5.41, 5.74) is 2.57. The van der Waals surface area contributed by atoms with Crippen molar-refractivity contribution in [3.8, 4) is 0 Å². The zero-order valence-electron chi connectivity index (χ0n) is 14.3. The number of fused-ring (bicyclic) bond motifs is 1. The summed E-state index contributed by atoms with van der Waals surface area (Å²) in [6, 6.07) is 13.7. The number of benzene rings is 2. The Morgan fingerprint density at radius 2 is 1.38 bits per heavy atom. The van der Waals surface area contributed by atoms with E-state index in [0.717, 1.165) is 12.1 Å². The summed E-state index contributed by atoms with van der Waals surface area (Å²) in [4.78, 5) is 16.4. The molecule has 2 fully saturated rings. The second kappa shape index (κ2) is 6.28. The molecule has 0 radical (unpaired) electrons. The molecule has 2 aromatic rings. The SMILES string of the molecule is CCc1ccc(N2C(=O)N(c3ccc(Cl)cc3)[C@@H]3CS(=O)(=O)C[C@@H]32)cc1. The van der Waals surface area contributed by atoms with Gasteiger partial charge < -0.3 is 0 Å². The molecule has 0 unspecified atom stereocenters. The van der Waals surface area contributed by atoms with Crippen LogP contribution in [0.1, 0.15) is 12.5 Å². The Labute approximate surface area is 158 Å². The first-order chi connectivity index (χ1) is 12.4. The Hall–Kier alpha value is -2.05. The van der Waals surface area contributed by atoms with E-state index >= 15 is 0 Å². The van der Waals surface area contributed by atoms with Gasteiger partial charge in [0, 0.05) is 16.4 Å². The molecule has 0 N–H and O–H groups in total. The van der Waals surface area contributed by atoms with Gasteiger partial charge in [-0.05, 0) is 48.4 Å². The number of halogens is 1. The Morgan fingerprint density at radius 3 is 1.85 bits per heavy atom. The van der Waals surface area contributed by atoms with Gasteiger partial charge in [0.2, 0.25) is 0 Å². The van der Waals surface area contributed by atoms with E-state index in [0.29, 0.717) is 10.7 Å². The number of aryl methyl sites for hydroxylation is 1. The minimum absolute atomic E-state index is 0.0109. The zero-order chi connectivity index (χ0) is 18.5. The van der Waals surface area contributed by atoms with Crippen LogP contribution in [0.3, 0.4) is 0 Å². The molecule has 2 aliphatic rings. The van der Waals surface area contributed by atoms with Gasteiger partial charge in [-0.1, -0.05) is 30.7 Å². The first kappa shape index (κ1) is 17.4. The van der Waals surface area contributed by atoms with Gasteiger partial charge in [0.1, 0.15) is 0 Å². The molecule has 0 aromatic heterocycles. The predicted molar refractivity (Wildman–Crippen MR) is 104 cm³/mol. The quantitative estimate of drug-likeness (QED) is 0.753. The third-order valence-electron chi connectivity index (χ3n) is 5.10. The van der Waals surface area contributed by atoms with E-state index in [2.05, 4.69) is 6.92 Å². The highest BCUT2D eigenvalue weighted by Gasteiger charge is 2.54. The monoisotopic (exact) mass is 390 g/mol. The van der Waals surface area contributed by atoms with Gasteiger partial charge in [-0.3, -0.25) is 9.80 Å². The first-order valence-electron chi connectivity index (χ1n) is 8.57. The molecule has 0 spiro atoms. The van der Waals surface area contributed by atoms with Crippen LogP contribution in [-0.4, -0.2) is 38.0 Å². The van der Waals surface area contributed by atoms with Gasteiger partial charge in [-0.15, -0.1) is 0 Å². The number of rotatable bonds is 3. The highest BCUT2D eigenvalue weighted by atomic mass is 35.5. The highest BCUT2D eigenvalue weighted by Crippen LogP contribution is 2.38. The summed E-state index contributed by atoms with van der Waals surface area (Å²) < 4.78 is 24.5. The van der Waals surface area contributed by atoms with Crippen molar-refractivity contribution in [2.45, 2.75) is 25.4 Å². The van der Waals surface area contributed by atoms with Crippen molar-refractivity contribution in [3.63, 3.8) is 0 Å². The zero-order valence-corrected chi connectivity index (χ0v) is 15.9. The number of hydrogen-bond donors (Lipinski definition) is 0. The van der Waals surface area contributed by atoms with Crippen LogP contribution in [0.25, 0.3) is 0 Å². The summed E-state index contributed by atoms with van der Waals surface area (Å²) in [7, 11) is -3.19. The van der Waals surface area contributed by atoms with Gasteiger partial charge in [0.25, 0.3) is 0 Å². The molecule has 4 rings (SSSR count). The van der Waals surface area contributed by atoms with Crippen LogP contribution in [-0.2, 0) is 16.3 Å². The van der Waals surface area contributed by atoms with Crippen LogP contribution in [0.15, 0.2) is 48.5 Å². The Morgan fingerprint density at radius 1 is 0.923 bits per heavy atom. The Balaban J connectivity index is 1.77. The number of sulfone groups is 1. The number of nitrogens with zero attached hydrogens (tertiary/aromatic N) is 2. The van der Waals surface area contributed by atoms with Crippen molar-refractivity contribution in [3.05, 3.63) is 59.1 Å². The largest absolute Gasteiger partial charge is 0.329 e. The molecule has 7 heteroatoms. The minimum Gasteiger partial charge on any atom is -0.288 e. The topological polar surface area (TPSA) is 57.7 Å². The van der Waals surface area contributed by atoms with Crippen molar-refractivity contribution < 1.29 is 13.2 Å². The van der Waals surface area contributed by atoms with Crippen LogP contribution in [0.4, 0.5) is 16.2 Å². The van der Waals surface area contributed by atoms with E-state index in [1.54, 1.807) is 34.1 Å². The molecule has 5 nitrogen and oxygen atoms in total. The maximum absolute atomic E-state index is 13.2. The van der Waals surface area contributed by atoms with E-state index < -0.39 is 9.84 Å². The predicted octanol–water partition coefficient (Wildman–Crippen LogP) is 3.51. The molecule has 0 aliphatic carbocycles. The van der Waals surface area contributed by atoms with Crippen molar-refractivity contribution in [1.82, 2.24) is 0 Å². The Kier molecular flexibility index (Phi) is 4.20. The average molecular weight is 391 g/mol. The van der Waals surface area contributed by atoms with E-state index in [1.807, 2.05) is 24.3 Å². The highest BCUT2D eigenvalue weighted by molar-refractivity contribution is 7.91. The molecule has 2 aliphatic heterocycles. The maximum atomic E-state index is 13.2. The first-order valence-corrected chi connectivity index (χ1v) is 10.8. The van der Waals surface area contributed by atoms with Gasteiger partial charge >= 0.3 is 6.03 Å². The summed E-state index contributed by atoms with van der Waals surface area (Å²) in [6.07, 6.45) is 0.908. The van der Waals surface area contributed by atoms with Crippen molar-refractivity contribution >= 4 is 38.8 Å². The lowest BCUT2D eigenvalue weighted by Crippen LogP contribution is -2.37. The number of carbonyl (C=O) groups excluding carboxylic acids is 1.